The minimum atomic E-state index is -1.54. The van der Waals surface area contributed by atoms with Crippen molar-refractivity contribution < 1.29 is 9.84 Å². The molecule has 0 fully saturated rings. The smallest absolute Gasteiger partial charge is 0.177 e. The number of hydrogen-bond acceptors (Lipinski definition) is 5. The second kappa shape index (κ2) is 7.08. The minimum absolute atomic E-state index is 0.403. The van der Waals surface area contributed by atoms with Crippen molar-refractivity contribution in [2.24, 2.45) is 7.05 Å². The molecule has 146 valence electrons. The van der Waals surface area contributed by atoms with Gasteiger partial charge in [-0.3, -0.25) is 4.68 Å². The van der Waals surface area contributed by atoms with Crippen LogP contribution in [0.2, 0.25) is 0 Å². The van der Waals surface area contributed by atoms with Crippen LogP contribution < -0.4 is 4.74 Å². The molecule has 0 saturated heterocycles. The predicted octanol–water partition coefficient (Wildman–Crippen LogP) is 2.79. The van der Waals surface area contributed by atoms with Gasteiger partial charge in [0.05, 0.1) is 7.11 Å². The van der Waals surface area contributed by atoms with Crippen LogP contribution in [-0.4, -0.2) is 31.4 Å². The van der Waals surface area contributed by atoms with E-state index in [1.54, 1.807) is 29.2 Å². The number of pyridine rings is 1. The van der Waals surface area contributed by atoms with Gasteiger partial charge in [0, 0.05) is 31.2 Å². The topological polar surface area (TPSA) is 88.4 Å². The van der Waals surface area contributed by atoms with Crippen LogP contribution in [0.1, 0.15) is 35.1 Å². The van der Waals surface area contributed by atoms with Gasteiger partial charge in [-0.15, -0.1) is 0 Å². The van der Waals surface area contributed by atoms with Crippen molar-refractivity contribution in [3.05, 3.63) is 83.1 Å². The number of ether oxygens (including phenoxy) is 1. The molecule has 0 radical (unpaired) electrons. The molecule has 1 N–H and O–H groups in total. The summed E-state index contributed by atoms with van der Waals surface area (Å²) in [5, 5.41) is 26.0. The monoisotopic (exact) mass is 387 g/mol. The van der Waals surface area contributed by atoms with Gasteiger partial charge in [0.2, 0.25) is 0 Å². The molecule has 1 aromatic carbocycles. The Labute approximate surface area is 168 Å². The van der Waals surface area contributed by atoms with Crippen LogP contribution >= 0.6 is 0 Å². The number of aromatic nitrogens is 4. The van der Waals surface area contributed by atoms with Crippen molar-refractivity contribution in [2.75, 3.05) is 7.11 Å². The number of rotatable bonds is 5. The van der Waals surface area contributed by atoms with Gasteiger partial charge in [-0.25, -0.2) is 4.98 Å². The number of imidazole rings is 1. The standard InChI is InChI=1S/C22H21N5O2/c1-4-17-21(24-20-12-18(29-3)15(13-23)14-27(17)20)22(28,16-8-6-5-7-9-16)19-10-11-26(2)25-19/h5-12,14,28H,4H2,1-3H3. The van der Waals surface area contributed by atoms with E-state index < -0.39 is 5.60 Å². The lowest BCUT2D eigenvalue weighted by Gasteiger charge is -2.26. The molecule has 3 aromatic heterocycles. The summed E-state index contributed by atoms with van der Waals surface area (Å²) >= 11 is 0. The van der Waals surface area contributed by atoms with E-state index in [0.29, 0.717) is 40.3 Å². The summed E-state index contributed by atoms with van der Waals surface area (Å²) in [6.45, 7) is 1.99. The first-order valence-electron chi connectivity index (χ1n) is 9.30. The molecule has 0 aliphatic heterocycles. The molecule has 0 bridgehead atoms. The zero-order valence-corrected chi connectivity index (χ0v) is 16.5. The third-order valence-electron chi connectivity index (χ3n) is 5.11. The Kier molecular flexibility index (Phi) is 4.57. The lowest BCUT2D eigenvalue weighted by molar-refractivity contribution is 0.115. The van der Waals surface area contributed by atoms with Crippen LogP contribution in [-0.2, 0) is 19.1 Å². The van der Waals surface area contributed by atoms with Gasteiger partial charge in [0.15, 0.2) is 5.60 Å². The first-order valence-corrected chi connectivity index (χ1v) is 9.30. The van der Waals surface area contributed by atoms with Crippen molar-refractivity contribution in [1.82, 2.24) is 19.2 Å². The first-order chi connectivity index (χ1) is 14.0. The number of nitriles is 1. The van der Waals surface area contributed by atoms with Gasteiger partial charge in [-0.05, 0) is 18.1 Å². The van der Waals surface area contributed by atoms with Crippen LogP contribution in [0.15, 0.2) is 54.9 Å². The maximum absolute atomic E-state index is 12.1. The average molecular weight is 387 g/mol. The van der Waals surface area contributed by atoms with Gasteiger partial charge in [-0.2, -0.15) is 10.4 Å². The fourth-order valence-corrected chi connectivity index (χ4v) is 3.69. The van der Waals surface area contributed by atoms with Gasteiger partial charge < -0.3 is 14.2 Å². The minimum Gasteiger partial charge on any atom is -0.495 e. The molecule has 7 nitrogen and oxygen atoms in total. The molecule has 7 heteroatoms. The zero-order chi connectivity index (χ0) is 20.6. The highest BCUT2D eigenvalue weighted by Gasteiger charge is 2.41. The molecule has 1 unspecified atom stereocenters. The number of fused-ring (bicyclic) bond motifs is 1. The highest BCUT2D eigenvalue weighted by atomic mass is 16.5. The molecule has 0 aliphatic carbocycles. The summed E-state index contributed by atoms with van der Waals surface area (Å²) in [5.41, 5.74) is 1.90. The van der Waals surface area contributed by atoms with Crippen LogP contribution in [0.25, 0.3) is 5.65 Å². The van der Waals surface area contributed by atoms with Crippen molar-refractivity contribution in [2.45, 2.75) is 18.9 Å². The van der Waals surface area contributed by atoms with E-state index in [1.807, 2.05) is 48.7 Å². The molecule has 0 spiro atoms. The molecule has 0 amide bonds. The average Bonchev–Trinajstić information content (AvgIpc) is 3.36. The van der Waals surface area contributed by atoms with Crippen LogP contribution in [0.3, 0.4) is 0 Å². The maximum atomic E-state index is 12.1. The summed E-state index contributed by atoms with van der Waals surface area (Å²) in [6.07, 6.45) is 4.10. The van der Waals surface area contributed by atoms with Crippen molar-refractivity contribution >= 4 is 5.65 Å². The summed E-state index contributed by atoms with van der Waals surface area (Å²) < 4.78 is 8.83. The number of nitrogens with zero attached hydrogens (tertiary/aromatic N) is 5. The second-order valence-corrected chi connectivity index (χ2v) is 6.81. The summed E-state index contributed by atoms with van der Waals surface area (Å²) in [4.78, 5) is 4.78. The molecular weight excluding hydrogens is 366 g/mol. The van der Waals surface area contributed by atoms with E-state index in [9.17, 15) is 10.4 Å². The second-order valence-electron chi connectivity index (χ2n) is 6.81. The Bertz CT molecular complexity index is 1220. The van der Waals surface area contributed by atoms with Crippen LogP contribution in [0.5, 0.6) is 5.75 Å². The zero-order valence-electron chi connectivity index (χ0n) is 16.5. The van der Waals surface area contributed by atoms with Crippen molar-refractivity contribution in [3.63, 3.8) is 0 Å². The first kappa shape index (κ1) is 18.7. The molecular formula is C22H21N5O2. The SMILES string of the molecule is CCc1c(C(O)(c2ccccc2)c2ccn(C)n2)nc2cc(OC)c(C#N)cn12. The number of hydrogen-bond donors (Lipinski definition) is 1. The van der Waals surface area contributed by atoms with Crippen LogP contribution in [0, 0.1) is 11.3 Å². The van der Waals surface area contributed by atoms with E-state index in [1.165, 1.54) is 7.11 Å². The van der Waals surface area contributed by atoms with E-state index >= 15 is 0 Å². The summed E-state index contributed by atoms with van der Waals surface area (Å²) in [5.74, 6) is 0.445. The molecule has 4 rings (SSSR count). The third-order valence-corrected chi connectivity index (χ3v) is 5.11. The molecule has 0 saturated carbocycles. The maximum Gasteiger partial charge on any atom is 0.177 e. The Morgan fingerprint density at radius 3 is 2.59 bits per heavy atom. The Hall–Kier alpha value is -3.63. The van der Waals surface area contributed by atoms with Crippen molar-refractivity contribution in [1.29, 1.82) is 5.26 Å². The normalized spacial score (nSPS) is 13.2. The van der Waals surface area contributed by atoms with E-state index in [4.69, 9.17) is 9.72 Å². The Balaban J connectivity index is 2.07. The number of aliphatic hydroxyl groups is 1. The lowest BCUT2D eigenvalue weighted by atomic mass is 9.86. The van der Waals surface area contributed by atoms with Crippen LogP contribution in [0.4, 0.5) is 0 Å². The third kappa shape index (κ3) is 2.85. The fraction of sp³-hybridized carbons (Fsp3) is 0.227. The quantitative estimate of drug-likeness (QED) is 0.569. The van der Waals surface area contributed by atoms with Gasteiger partial charge in [0.25, 0.3) is 0 Å². The molecule has 3 heterocycles. The number of aryl methyl sites for hydroxylation is 2. The number of benzene rings is 1. The molecule has 0 aliphatic rings. The van der Waals surface area contributed by atoms with E-state index in [0.717, 1.165) is 5.69 Å². The lowest BCUT2D eigenvalue weighted by Crippen LogP contribution is -2.31. The summed E-state index contributed by atoms with van der Waals surface area (Å²) in [7, 11) is 3.33. The predicted molar refractivity (Wildman–Crippen MR) is 108 cm³/mol. The highest BCUT2D eigenvalue weighted by Crippen LogP contribution is 2.38. The van der Waals surface area contributed by atoms with E-state index in [2.05, 4.69) is 11.2 Å². The molecule has 4 aromatic rings. The fourth-order valence-electron chi connectivity index (χ4n) is 3.69. The van der Waals surface area contributed by atoms with Crippen molar-refractivity contribution in [3.8, 4) is 11.8 Å². The van der Waals surface area contributed by atoms with Gasteiger partial charge >= 0.3 is 0 Å². The number of methoxy groups -OCH3 is 1. The van der Waals surface area contributed by atoms with Gasteiger partial charge in [0.1, 0.15) is 34.4 Å². The largest absolute Gasteiger partial charge is 0.495 e. The molecule has 29 heavy (non-hydrogen) atoms. The Morgan fingerprint density at radius 2 is 2.00 bits per heavy atom. The summed E-state index contributed by atoms with van der Waals surface area (Å²) in [6, 6.07) is 15.0. The van der Waals surface area contributed by atoms with Gasteiger partial charge in [-0.1, -0.05) is 37.3 Å². The molecule has 1 atom stereocenters. The van der Waals surface area contributed by atoms with E-state index in [-0.39, 0.29) is 0 Å². The highest BCUT2D eigenvalue weighted by molar-refractivity contribution is 5.57. The Morgan fingerprint density at radius 1 is 1.24 bits per heavy atom.